The number of methoxy groups -OCH3 is 1. The van der Waals surface area contributed by atoms with Crippen LogP contribution >= 0.6 is 15.9 Å². The number of nitrogen functional groups attached to an aromatic ring is 1. The minimum Gasteiger partial charge on any atom is -0.497 e. The van der Waals surface area contributed by atoms with Gasteiger partial charge in [0.15, 0.2) is 5.82 Å². The van der Waals surface area contributed by atoms with Crippen LogP contribution in [0.25, 0.3) is 11.4 Å². The molecule has 0 saturated heterocycles. The molecule has 0 aliphatic heterocycles. The summed E-state index contributed by atoms with van der Waals surface area (Å²) in [4.78, 5) is 8.90. The summed E-state index contributed by atoms with van der Waals surface area (Å²) in [5, 5.41) is 0. The molecule has 0 amide bonds. The Hall–Kier alpha value is -1.62. The third-order valence-electron chi connectivity index (χ3n) is 2.80. The Labute approximate surface area is 121 Å². The Balaban J connectivity index is 2.49. The Bertz CT molecular complexity index is 582. The fraction of sp³-hybridized carbons (Fsp3) is 0.286. The number of halogens is 1. The maximum atomic E-state index is 5.93. The maximum absolute atomic E-state index is 5.93. The van der Waals surface area contributed by atoms with E-state index in [9.17, 15) is 0 Å². The van der Waals surface area contributed by atoms with E-state index < -0.39 is 0 Å². The zero-order valence-corrected chi connectivity index (χ0v) is 12.7. The van der Waals surface area contributed by atoms with Gasteiger partial charge in [-0.3, -0.25) is 0 Å². The number of hydrogen-bond donors (Lipinski definition) is 1. The van der Waals surface area contributed by atoms with Gasteiger partial charge in [0.1, 0.15) is 11.6 Å². The highest BCUT2D eigenvalue weighted by Gasteiger charge is 2.14. The number of nitrogens with zero attached hydrogens (tertiary/aromatic N) is 2. The van der Waals surface area contributed by atoms with Crippen LogP contribution in [0.4, 0.5) is 5.82 Å². The fourth-order valence-electron chi connectivity index (χ4n) is 1.73. The SMILES string of the molecule is COc1ccc(-c2nc(N)c(Br)c(C(C)C)n2)cc1. The second kappa shape index (κ2) is 5.57. The molecule has 5 heteroatoms. The van der Waals surface area contributed by atoms with Crippen molar-refractivity contribution in [3.63, 3.8) is 0 Å². The van der Waals surface area contributed by atoms with Gasteiger partial charge < -0.3 is 10.5 Å². The quantitative estimate of drug-likeness (QED) is 0.937. The van der Waals surface area contributed by atoms with Crippen LogP contribution in [0.15, 0.2) is 28.7 Å². The molecule has 4 nitrogen and oxygen atoms in total. The van der Waals surface area contributed by atoms with E-state index in [1.807, 2.05) is 24.3 Å². The largest absolute Gasteiger partial charge is 0.497 e. The first-order valence-electron chi connectivity index (χ1n) is 6.00. The number of aromatic nitrogens is 2. The van der Waals surface area contributed by atoms with Gasteiger partial charge >= 0.3 is 0 Å². The number of benzene rings is 1. The van der Waals surface area contributed by atoms with E-state index in [1.165, 1.54) is 0 Å². The average Bonchev–Trinajstić information content (AvgIpc) is 2.41. The van der Waals surface area contributed by atoms with Gasteiger partial charge in [0.2, 0.25) is 0 Å². The molecule has 0 aliphatic rings. The van der Waals surface area contributed by atoms with Crippen molar-refractivity contribution in [1.82, 2.24) is 9.97 Å². The summed E-state index contributed by atoms with van der Waals surface area (Å²) >= 11 is 3.44. The standard InChI is InChI=1S/C14H16BrN3O/c1-8(2)12-11(15)13(16)18-14(17-12)9-4-6-10(19-3)7-5-9/h4-8H,1-3H3,(H2,16,17,18). The Kier molecular flexibility index (Phi) is 4.04. The third-order valence-corrected chi connectivity index (χ3v) is 3.61. The molecule has 0 unspecified atom stereocenters. The van der Waals surface area contributed by atoms with Crippen LogP contribution in [0.3, 0.4) is 0 Å². The molecule has 0 atom stereocenters. The van der Waals surface area contributed by atoms with E-state index in [2.05, 4.69) is 39.7 Å². The summed E-state index contributed by atoms with van der Waals surface area (Å²) in [6, 6.07) is 7.61. The first-order chi connectivity index (χ1) is 9.02. The minimum absolute atomic E-state index is 0.275. The lowest BCUT2D eigenvalue weighted by atomic mass is 10.1. The first-order valence-corrected chi connectivity index (χ1v) is 6.79. The van der Waals surface area contributed by atoms with Gasteiger partial charge in [-0.25, -0.2) is 9.97 Å². The lowest BCUT2D eigenvalue weighted by molar-refractivity contribution is 0.415. The maximum Gasteiger partial charge on any atom is 0.161 e. The van der Waals surface area contributed by atoms with Crippen molar-refractivity contribution in [2.75, 3.05) is 12.8 Å². The predicted octanol–water partition coefficient (Wildman–Crippen LogP) is 3.62. The lowest BCUT2D eigenvalue weighted by Gasteiger charge is -2.11. The molecular formula is C14H16BrN3O. The van der Waals surface area contributed by atoms with Crippen molar-refractivity contribution in [3.8, 4) is 17.1 Å². The topological polar surface area (TPSA) is 61.0 Å². The van der Waals surface area contributed by atoms with Crippen LogP contribution < -0.4 is 10.5 Å². The Morgan fingerprint density at radius 3 is 2.32 bits per heavy atom. The van der Waals surface area contributed by atoms with Gasteiger partial charge in [-0.1, -0.05) is 13.8 Å². The third kappa shape index (κ3) is 2.87. The van der Waals surface area contributed by atoms with Crippen LogP contribution in [0, 0.1) is 0 Å². The molecule has 0 bridgehead atoms. The van der Waals surface area contributed by atoms with Crippen LogP contribution in [-0.4, -0.2) is 17.1 Å². The smallest absolute Gasteiger partial charge is 0.161 e. The highest BCUT2D eigenvalue weighted by atomic mass is 79.9. The van der Waals surface area contributed by atoms with Gasteiger partial charge in [0.05, 0.1) is 17.3 Å². The van der Waals surface area contributed by atoms with Crippen LogP contribution in [-0.2, 0) is 0 Å². The van der Waals surface area contributed by atoms with Crippen LogP contribution in [0.2, 0.25) is 0 Å². The van der Waals surface area contributed by atoms with Crippen molar-refractivity contribution in [2.45, 2.75) is 19.8 Å². The molecular weight excluding hydrogens is 306 g/mol. The molecule has 19 heavy (non-hydrogen) atoms. The van der Waals surface area contributed by atoms with Gasteiger partial charge in [-0.05, 0) is 46.1 Å². The Morgan fingerprint density at radius 2 is 1.79 bits per heavy atom. The summed E-state index contributed by atoms with van der Waals surface area (Å²) in [6.07, 6.45) is 0. The molecule has 100 valence electrons. The zero-order chi connectivity index (χ0) is 14.0. The number of rotatable bonds is 3. The minimum atomic E-state index is 0.275. The summed E-state index contributed by atoms with van der Waals surface area (Å²) < 4.78 is 5.91. The molecule has 2 rings (SSSR count). The second-order valence-corrected chi connectivity index (χ2v) is 5.31. The lowest BCUT2D eigenvalue weighted by Crippen LogP contribution is -2.04. The molecule has 0 aliphatic carbocycles. The number of anilines is 1. The van der Waals surface area contributed by atoms with E-state index in [4.69, 9.17) is 10.5 Å². The highest BCUT2D eigenvalue weighted by Crippen LogP contribution is 2.30. The summed E-state index contributed by atoms with van der Waals surface area (Å²) in [5.74, 6) is 2.17. The number of ether oxygens (including phenoxy) is 1. The van der Waals surface area contributed by atoms with E-state index in [0.717, 1.165) is 21.5 Å². The molecule has 0 saturated carbocycles. The molecule has 0 fully saturated rings. The van der Waals surface area contributed by atoms with Crippen molar-refractivity contribution < 1.29 is 4.74 Å². The van der Waals surface area contributed by atoms with Gasteiger partial charge in [0.25, 0.3) is 0 Å². The summed E-state index contributed by atoms with van der Waals surface area (Å²) in [5.41, 5.74) is 7.76. The average molecular weight is 322 g/mol. The van der Waals surface area contributed by atoms with E-state index in [-0.39, 0.29) is 5.92 Å². The van der Waals surface area contributed by atoms with E-state index in [1.54, 1.807) is 7.11 Å². The molecule has 1 aromatic carbocycles. The molecule has 0 radical (unpaired) electrons. The monoisotopic (exact) mass is 321 g/mol. The normalized spacial score (nSPS) is 10.8. The molecule has 0 spiro atoms. The highest BCUT2D eigenvalue weighted by molar-refractivity contribution is 9.10. The van der Waals surface area contributed by atoms with E-state index >= 15 is 0 Å². The van der Waals surface area contributed by atoms with Gasteiger partial charge in [0, 0.05) is 5.56 Å². The fourth-order valence-corrected chi connectivity index (χ4v) is 2.37. The predicted molar refractivity (Wildman–Crippen MR) is 80.2 cm³/mol. The first kappa shape index (κ1) is 13.8. The Morgan fingerprint density at radius 1 is 1.16 bits per heavy atom. The number of nitrogens with two attached hydrogens (primary N) is 1. The van der Waals surface area contributed by atoms with Crippen LogP contribution in [0.1, 0.15) is 25.5 Å². The molecule has 2 N–H and O–H groups in total. The molecule has 1 heterocycles. The molecule has 2 aromatic rings. The van der Waals surface area contributed by atoms with Gasteiger partial charge in [-0.15, -0.1) is 0 Å². The summed E-state index contributed by atoms with van der Waals surface area (Å²) in [6.45, 7) is 4.15. The zero-order valence-electron chi connectivity index (χ0n) is 11.1. The molecule has 1 aromatic heterocycles. The van der Waals surface area contributed by atoms with Crippen molar-refractivity contribution in [1.29, 1.82) is 0 Å². The number of hydrogen-bond acceptors (Lipinski definition) is 4. The summed E-state index contributed by atoms with van der Waals surface area (Å²) in [7, 11) is 1.64. The van der Waals surface area contributed by atoms with Crippen molar-refractivity contribution in [3.05, 3.63) is 34.4 Å². The van der Waals surface area contributed by atoms with Gasteiger partial charge in [-0.2, -0.15) is 0 Å². The van der Waals surface area contributed by atoms with E-state index in [0.29, 0.717) is 11.6 Å². The van der Waals surface area contributed by atoms with Crippen molar-refractivity contribution in [2.24, 2.45) is 0 Å². The second-order valence-electron chi connectivity index (χ2n) is 4.51. The van der Waals surface area contributed by atoms with Crippen LogP contribution in [0.5, 0.6) is 5.75 Å². The van der Waals surface area contributed by atoms with Crippen molar-refractivity contribution >= 4 is 21.7 Å².